The second-order valence-electron chi connectivity index (χ2n) is 6.01. The molecule has 0 radical (unpaired) electrons. The number of esters is 1. The fourth-order valence-corrected chi connectivity index (χ4v) is 3.92. The molecule has 0 aromatic heterocycles. The standard InChI is InChI=1S/C17H20O4/c1-11(10-18)17(20)13-7-8-14(17)15(9-13)21-16(19)12-5-3-2-4-6-12/h2-6,13-15,18,20H,1,7-10H2/t13-,14+,15+,17-/m1/s1. The number of rotatable bonds is 4. The van der Waals surface area contributed by atoms with Crippen LogP contribution < -0.4 is 0 Å². The number of aliphatic hydroxyl groups is 2. The summed E-state index contributed by atoms with van der Waals surface area (Å²) < 4.78 is 5.60. The van der Waals surface area contributed by atoms with Gasteiger partial charge in [0.05, 0.1) is 17.8 Å². The van der Waals surface area contributed by atoms with Crippen LogP contribution in [0.3, 0.4) is 0 Å². The topological polar surface area (TPSA) is 66.8 Å². The minimum Gasteiger partial charge on any atom is -0.458 e. The zero-order valence-electron chi connectivity index (χ0n) is 11.9. The molecule has 2 aliphatic rings. The number of benzene rings is 1. The van der Waals surface area contributed by atoms with Gasteiger partial charge in [-0.15, -0.1) is 0 Å². The number of carbonyl (C=O) groups excluding carboxylic acids is 1. The summed E-state index contributed by atoms with van der Waals surface area (Å²) in [5, 5.41) is 20.2. The average Bonchev–Trinajstić information content (AvgIpc) is 2.98. The van der Waals surface area contributed by atoms with Gasteiger partial charge in [-0.05, 0) is 42.9 Å². The van der Waals surface area contributed by atoms with Crippen molar-refractivity contribution in [3.63, 3.8) is 0 Å². The third kappa shape index (κ3) is 2.19. The van der Waals surface area contributed by atoms with E-state index in [1.54, 1.807) is 24.3 Å². The maximum absolute atomic E-state index is 12.2. The summed E-state index contributed by atoms with van der Waals surface area (Å²) >= 11 is 0. The quantitative estimate of drug-likeness (QED) is 0.656. The Bertz CT molecular complexity index is 553. The van der Waals surface area contributed by atoms with E-state index in [0.717, 1.165) is 12.8 Å². The lowest BCUT2D eigenvalue weighted by Crippen LogP contribution is -2.40. The van der Waals surface area contributed by atoms with Crippen molar-refractivity contribution in [1.29, 1.82) is 0 Å². The average molecular weight is 288 g/mol. The molecule has 0 heterocycles. The SMILES string of the molecule is C=C(CO)[C@@]1(O)[C@@H]2CC[C@H]1[C@@H](OC(=O)c1ccccc1)C2. The molecule has 21 heavy (non-hydrogen) atoms. The molecule has 2 aliphatic carbocycles. The largest absolute Gasteiger partial charge is 0.458 e. The first-order valence-electron chi connectivity index (χ1n) is 7.35. The molecule has 0 unspecified atom stereocenters. The minimum absolute atomic E-state index is 0.0238. The zero-order chi connectivity index (χ0) is 15.0. The van der Waals surface area contributed by atoms with Gasteiger partial charge in [0.15, 0.2) is 0 Å². The van der Waals surface area contributed by atoms with Crippen LogP contribution in [0, 0.1) is 11.8 Å². The lowest BCUT2D eigenvalue weighted by molar-refractivity contribution is -0.0149. The van der Waals surface area contributed by atoms with E-state index in [1.165, 1.54) is 0 Å². The monoisotopic (exact) mass is 288 g/mol. The Kier molecular flexibility index (Phi) is 3.59. The second kappa shape index (κ2) is 5.28. The summed E-state index contributed by atoms with van der Waals surface area (Å²) in [4.78, 5) is 12.2. The number of hydrogen-bond donors (Lipinski definition) is 2. The molecule has 0 aliphatic heterocycles. The van der Waals surface area contributed by atoms with Crippen molar-refractivity contribution < 1.29 is 19.7 Å². The van der Waals surface area contributed by atoms with Crippen LogP contribution in [-0.2, 0) is 4.74 Å². The van der Waals surface area contributed by atoms with Crippen LogP contribution >= 0.6 is 0 Å². The molecule has 2 saturated carbocycles. The molecule has 3 rings (SSSR count). The predicted molar refractivity (Wildman–Crippen MR) is 77.7 cm³/mol. The fourth-order valence-electron chi connectivity index (χ4n) is 3.92. The van der Waals surface area contributed by atoms with Gasteiger partial charge >= 0.3 is 5.97 Å². The fraction of sp³-hybridized carbons (Fsp3) is 0.471. The normalized spacial score (nSPS) is 33.9. The van der Waals surface area contributed by atoms with Gasteiger partial charge in [0.1, 0.15) is 6.10 Å². The van der Waals surface area contributed by atoms with Crippen LogP contribution in [0.15, 0.2) is 42.5 Å². The Morgan fingerprint density at radius 1 is 1.33 bits per heavy atom. The predicted octanol–water partition coefficient (Wildman–Crippen LogP) is 1.92. The van der Waals surface area contributed by atoms with Gasteiger partial charge in [0, 0.05) is 5.92 Å². The van der Waals surface area contributed by atoms with E-state index < -0.39 is 5.60 Å². The summed E-state index contributed by atoms with van der Waals surface area (Å²) in [7, 11) is 0. The van der Waals surface area contributed by atoms with E-state index in [0.29, 0.717) is 17.6 Å². The first kappa shape index (κ1) is 14.3. The summed E-state index contributed by atoms with van der Waals surface area (Å²) in [6.45, 7) is 3.57. The zero-order valence-corrected chi connectivity index (χ0v) is 11.9. The molecule has 112 valence electrons. The van der Waals surface area contributed by atoms with Crippen molar-refractivity contribution in [2.45, 2.75) is 31.0 Å². The van der Waals surface area contributed by atoms with Crippen molar-refractivity contribution in [2.24, 2.45) is 11.8 Å². The molecule has 4 heteroatoms. The molecule has 0 saturated heterocycles. The molecule has 2 bridgehead atoms. The van der Waals surface area contributed by atoms with Gasteiger partial charge in [-0.2, -0.15) is 0 Å². The van der Waals surface area contributed by atoms with Crippen molar-refractivity contribution >= 4 is 5.97 Å². The van der Waals surface area contributed by atoms with Crippen molar-refractivity contribution in [2.75, 3.05) is 6.61 Å². The maximum Gasteiger partial charge on any atom is 0.338 e. The van der Waals surface area contributed by atoms with Gasteiger partial charge in [-0.25, -0.2) is 4.79 Å². The molecule has 1 aromatic carbocycles. The van der Waals surface area contributed by atoms with E-state index in [4.69, 9.17) is 4.74 Å². The summed E-state index contributed by atoms with van der Waals surface area (Å²) in [6, 6.07) is 8.86. The van der Waals surface area contributed by atoms with E-state index in [2.05, 4.69) is 6.58 Å². The highest BCUT2D eigenvalue weighted by molar-refractivity contribution is 5.89. The number of carbonyl (C=O) groups is 1. The smallest absolute Gasteiger partial charge is 0.338 e. The van der Waals surface area contributed by atoms with Gasteiger partial charge in [0.25, 0.3) is 0 Å². The Hall–Kier alpha value is -1.65. The number of hydrogen-bond acceptors (Lipinski definition) is 4. The highest BCUT2D eigenvalue weighted by atomic mass is 16.5. The maximum atomic E-state index is 12.2. The van der Waals surface area contributed by atoms with E-state index in [9.17, 15) is 15.0 Å². The highest BCUT2D eigenvalue weighted by Crippen LogP contribution is 2.56. The minimum atomic E-state index is -1.09. The Balaban J connectivity index is 1.75. The summed E-state index contributed by atoms with van der Waals surface area (Å²) in [6.07, 6.45) is 2.02. The third-order valence-corrected chi connectivity index (χ3v) is 5.00. The molecule has 1 aromatic rings. The second-order valence-corrected chi connectivity index (χ2v) is 6.01. The van der Waals surface area contributed by atoms with Gasteiger partial charge in [-0.3, -0.25) is 0 Å². The summed E-state index contributed by atoms with van der Waals surface area (Å²) in [5.74, 6) is -0.490. The first-order chi connectivity index (χ1) is 10.1. The first-order valence-corrected chi connectivity index (χ1v) is 7.35. The summed E-state index contributed by atoms with van der Waals surface area (Å²) in [5.41, 5.74) is -0.130. The van der Waals surface area contributed by atoms with Crippen molar-refractivity contribution in [1.82, 2.24) is 0 Å². The van der Waals surface area contributed by atoms with Gasteiger partial charge < -0.3 is 14.9 Å². The highest BCUT2D eigenvalue weighted by Gasteiger charge is 2.60. The lowest BCUT2D eigenvalue weighted by atomic mass is 9.84. The Labute approximate surface area is 124 Å². The van der Waals surface area contributed by atoms with Gasteiger partial charge in [-0.1, -0.05) is 24.8 Å². The number of fused-ring (bicyclic) bond motifs is 2. The molecule has 2 N–H and O–H groups in total. The lowest BCUT2D eigenvalue weighted by Gasteiger charge is -2.30. The molecule has 0 amide bonds. The van der Waals surface area contributed by atoms with Gasteiger partial charge in [0.2, 0.25) is 0 Å². The Morgan fingerprint density at radius 3 is 2.71 bits per heavy atom. The third-order valence-electron chi connectivity index (χ3n) is 5.00. The Morgan fingerprint density at radius 2 is 2.05 bits per heavy atom. The molecular formula is C17H20O4. The van der Waals surface area contributed by atoms with Crippen molar-refractivity contribution in [3.8, 4) is 0 Å². The van der Waals surface area contributed by atoms with E-state index in [-0.39, 0.29) is 30.5 Å². The van der Waals surface area contributed by atoms with E-state index >= 15 is 0 Å². The number of aliphatic hydroxyl groups excluding tert-OH is 1. The molecule has 4 atom stereocenters. The number of ether oxygens (including phenoxy) is 1. The van der Waals surface area contributed by atoms with Crippen LogP contribution in [0.1, 0.15) is 29.6 Å². The van der Waals surface area contributed by atoms with Crippen LogP contribution in [0.5, 0.6) is 0 Å². The molecule has 0 spiro atoms. The molecule has 4 nitrogen and oxygen atoms in total. The van der Waals surface area contributed by atoms with E-state index in [1.807, 2.05) is 6.07 Å². The molecule has 2 fully saturated rings. The van der Waals surface area contributed by atoms with Crippen LogP contribution in [-0.4, -0.2) is 34.5 Å². The van der Waals surface area contributed by atoms with Crippen LogP contribution in [0.25, 0.3) is 0 Å². The van der Waals surface area contributed by atoms with Crippen LogP contribution in [0.4, 0.5) is 0 Å². The van der Waals surface area contributed by atoms with Crippen molar-refractivity contribution in [3.05, 3.63) is 48.0 Å². The molecular weight excluding hydrogens is 268 g/mol. The van der Waals surface area contributed by atoms with Crippen LogP contribution in [0.2, 0.25) is 0 Å².